The molecule has 9 nitrogen and oxygen atoms in total. The van der Waals surface area contributed by atoms with E-state index >= 15 is 0 Å². The number of nitrogens with two attached hydrogens (primary N) is 2. The average molecular weight is 440 g/mol. The molecule has 0 saturated heterocycles. The van der Waals surface area contributed by atoms with Crippen LogP contribution in [0, 0.1) is 6.92 Å². The summed E-state index contributed by atoms with van der Waals surface area (Å²) in [5.74, 6) is -0.514. The normalized spacial score (nSPS) is 10.4. The number of hydrogen-bond acceptors (Lipinski definition) is 8. The van der Waals surface area contributed by atoms with Crippen LogP contribution in [0.1, 0.15) is 5.56 Å². The molecule has 0 radical (unpaired) electrons. The zero-order valence-electron chi connectivity index (χ0n) is 14.2. The Morgan fingerprint density at radius 2 is 1.88 bits per heavy atom. The van der Waals surface area contributed by atoms with Gasteiger partial charge in [-0.3, -0.25) is 9.59 Å². The summed E-state index contributed by atoms with van der Waals surface area (Å²) >= 11 is 4.44. The average Bonchev–Trinajstić information content (AvgIpc) is 2.54. The van der Waals surface area contributed by atoms with Crippen LogP contribution in [-0.2, 0) is 9.59 Å². The Bertz CT molecular complexity index is 813. The molecule has 26 heavy (non-hydrogen) atoms. The van der Waals surface area contributed by atoms with E-state index in [1.54, 1.807) is 13.1 Å². The summed E-state index contributed by atoms with van der Waals surface area (Å²) < 4.78 is 0.928. The fraction of sp³-hybridized carbons (Fsp3) is 0.267. The van der Waals surface area contributed by atoms with E-state index in [1.807, 2.05) is 19.1 Å². The van der Waals surface area contributed by atoms with Crippen LogP contribution in [0.3, 0.4) is 0 Å². The number of carbonyl (C=O) groups excluding carboxylic acids is 2. The first-order valence-corrected chi connectivity index (χ1v) is 9.22. The third kappa shape index (κ3) is 5.85. The number of carbonyl (C=O) groups is 2. The van der Waals surface area contributed by atoms with Gasteiger partial charge in [-0.15, -0.1) is 0 Å². The molecular weight excluding hydrogens is 422 g/mol. The monoisotopic (exact) mass is 439 g/mol. The highest BCUT2D eigenvalue weighted by Crippen LogP contribution is 2.20. The van der Waals surface area contributed by atoms with Crippen molar-refractivity contribution in [2.45, 2.75) is 12.1 Å². The largest absolute Gasteiger partial charge is 0.368 e. The SMILES string of the molecule is Cc1cc(Br)ccc1NC(=O)CN(C)C(=O)CSc1nc(N)nc(N)n1. The summed E-state index contributed by atoms with van der Waals surface area (Å²) in [6, 6.07) is 5.53. The van der Waals surface area contributed by atoms with Gasteiger partial charge in [0.15, 0.2) is 5.16 Å². The fourth-order valence-electron chi connectivity index (χ4n) is 1.95. The Hall–Kier alpha value is -2.40. The van der Waals surface area contributed by atoms with Crippen LogP contribution in [0.5, 0.6) is 0 Å². The number of nitrogen functional groups attached to an aromatic ring is 2. The second-order valence-electron chi connectivity index (χ2n) is 5.38. The van der Waals surface area contributed by atoms with Crippen LogP contribution in [-0.4, -0.2) is 51.0 Å². The van der Waals surface area contributed by atoms with Gasteiger partial charge in [0.2, 0.25) is 23.7 Å². The van der Waals surface area contributed by atoms with Crippen molar-refractivity contribution in [1.29, 1.82) is 0 Å². The third-order valence-corrected chi connectivity index (χ3v) is 4.57. The Labute approximate surface area is 163 Å². The standard InChI is InChI=1S/C15H18BrN7O2S/c1-8-5-9(16)3-4-10(8)19-11(24)6-23(2)12(25)7-26-15-21-13(17)20-14(18)22-15/h3-5H,6-7H2,1-2H3,(H,19,24)(H4,17,18,20,21,22). The van der Waals surface area contributed by atoms with Gasteiger partial charge in [0.25, 0.3) is 0 Å². The van der Waals surface area contributed by atoms with Crippen molar-refractivity contribution in [2.75, 3.05) is 36.1 Å². The number of halogens is 1. The molecule has 2 amide bonds. The van der Waals surface area contributed by atoms with Gasteiger partial charge < -0.3 is 21.7 Å². The van der Waals surface area contributed by atoms with Crippen molar-refractivity contribution in [3.8, 4) is 0 Å². The smallest absolute Gasteiger partial charge is 0.243 e. The first kappa shape index (κ1) is 19.9. The van der Waals surface area contributed by atoms with E-state index in [2.05, 4.69) is 36.2 Å². The minimum Gasteiger partial charge on any atom is -0.368 e. The maximum absolute atomic E-state index is 12.2. The van der Waals surface area contributed by atoms with E-state index in [0.29, 0.717) is 5.69 Å². The molecular formula is C15H18BrN7O2S. The van der Waals surface area contributed by atoms with E-state index in [4.69, 9.17) is 11.5 Å². The van der Waals surface area contributed by atoms with Crippen LogP contribution < -0.4 is 16.8 Å². The maximum atomic E-state index is 12.2. The molecule has 2 rings (SSSR count). The van der Waals surface area contributed by atoms with Gasteiger partial charge in [-0.1, -0.05) is 27.7 Å². The lowest BCUT2D eigenvalue weighted by Crippen LogP contribution is -2.36. The number of aromatic nitrogens is 3. The number of nitrogens with zero attached hydrogens (tertiary/aromatic N) is 4. The molecule has 5 N–H and O–H groups in total. The molecule has 1 heterocycles. The predicted molar refractivity (Wildman–Crippen MR) is 105 cm³/mol. The number of rotatable bonds is 6. The van der Waals surface area contributed by atoms with Gasteiger partial charge >= 0.3 is 0 Å². The Balaban J connectivity index is 1.86. The molecule has 11 heteroatoms. The molecule has 0 fully saturated rings. The topological polar surface area (TPSA) is 140 Å². The number of aryl methyl sites for hydroxylation is 1. The van der Waals surface area contributed by atoms with Gasteiger partial charge in [0.1, 0.15) is 0 Å². The lowest BCUT2D eigenvalue weighted by Gasteiger charge is -2.17. The first-order chi connectivity index (χ1) is 12.2. The number of thioether (sulfide) groups is 1. The predicted octanol–water partition coefficient (Wildman–Crippen LogP) is 1.30. The molecule has 0 spiro atoms. The summed E-state index contributed by atoms with van der Waals surface area (Å²) in [7, 11) is 1.55. The van der Waals surface area contributed by atoms with Gasteiger partial charge in [0.05, 0.1) is 12.3 Å². The van der Waals surface area contributed by atoms with Gasteiger partial charge in [0, 0.05) is 17.2 Å². The Morgan fingerprint density at radius 3 is 2.50 bits per heavy atom. The van der Waals surface area contributed by atoms with Gasteiger partial charge in [-0.05, 0) is 30.7 Å². The summed E-state index contributed by atoms with van der Waals surface area (Å²) in [6.45, 7) is 1.81. The molecule has 1 aromatic heterocycles. The molecule has 0 bridgehead atoms. The number of hydrogen-bond donors (Lipinski definition) is 3. The highest BCUT2D eigenvalue weighted by atomic mass is 79.9. The molecule has 0 unspecified atom stereocenters. The van der Waals surface area contributed by atoms with Gasteiger partial charge in [-0.2, -0.15) is 15.0 Å². The minimum absolute atomic E-state index is 0.00921. The maximum Gasteiger partial charge on any atom is 0.243 e. The van der Waals surface area contributed by atoms with Crippen molar-refractivity contribution in [2.24, 2.45) is 0 Å². The summed E-state index contributed by atoms with van der Waals surface area (Å²) in [4.78, 5) is 37.1. The molecule has 0 aliphatic carbocycles. The highest BCUT2D eigenvalue weighted by Gasteiger charge is 2.15. The van der Waals surface area contributed by atoms with Crippen LogP contribution in [0.25, 0.3) is 0 Å². The molecule has 138 valence electrons. The first-order valence-electron chi connectivity index (χ1n) is 7.44. The second kappa shape index (κ2) is 8.81. The van der Waals surface area contributed by atoms with Crippen molar-refractivity contribution >= 4 is 57.1 Å². The lowest BCUT2D eigenvalue weighted by molar-refractivity contribution is -0.131. The Morgan fingerprint density at radius 1 is 1.23 bits per heavy atom. The molecule has 0 saturated carbocycles. The Kier molecular flexibility index (Phi) is 6.75. The summed E-state index contributed by atoms with van der Waals surface area (Å²) in [5, 5.41) is 3.04. The van der Waals surface area contributed by atoms with E-state index in [9.17, 15) is 9.59 Å². The van der Waals surface area contributed by atoms with E-state index in [0.717, 1.165) is 21.8 Å². The molecule has 0 aliphatic rings. The van der Waals surface area contributed by atoms with Crippen molar-refractivity contribution in [1.82, 2.24) is 19.9 Å². The zero-order chi connectivity index (χ0) is 19.3. The van der Waals surface area contributed by atoms with Crippen LogP contribution in [0.15, 0.2) is 27.8 Å². The molecule has 2 aromatic rings. The molecule has 0 aliphatic heterocycles. The van der Waals surface area contributed by atoms with E-state index in [-0.39, 0.29) is 41.2 Å². The number of likely N-dealkylation sites (N-methyl/N-ethyl adjacent to an activating group) is 1. The fourth-order valence-corrected chi connectivity index (χ4v) is 3.21. The van der Waals surface area contributed by atoms with Crippen LogP contribution in [0.2, 0.25) is 0 Å². The lowest BCUT2D eigenvalue weighted by atomic mass is 10.2. The summed E-state index contributed by atoms with van der Waals surface area (Å²) in [5.41, 5.74) is 12.6. The minimum atomic E-state index is -0.287. The van der Waals surface area contributed by atoms with E-state index in [1.165, 1.54) is 4.90 Å². The number of benzene rings is 1. The highest BCUT2D eigenvalue weighted by molar-refractivity contribution is 9.10. The van der Waals surface area contributed by atoms with E-state index < -0.39 is 0 Å². The van der Waals surface area contributed by atoms with Crippen molar-refractivity contribution in [3.63, 3.8) is 0 Å². The molecule has 1 aromatic carbocycles. The third-order valence-electron chi connectivity index (χ3n) is 3.24. The van der Waals surface area contributed by atoms with Crippen LogP contribution in [0.4, 0.5) is 17.6 Å². The van der Waals surface area contributed by atoms with Crippen molar-refractivity contribution < 1.29 is 9.59 Å². The number of nitrogens with one attached hydrogen (secondary N) is 1. The number of amides is 2. The molecule has 0 atom stereocenters. The van der Waals surface area contributed by atoms with Crippen molar-refractivity contribution in [3.05, 3.63) is 28.2 Å². The summed E-state index contributed by atoms with van der Waals surface area (Å²) in [6.07, 6.45) is 0. The second-order valence-corrected chi connectivity index (χ2v) is 7.24. The zero-order valence-corrected chi connectivity index (χ0v) is 16.6. The van der Waals surface area contributed by atoms with Gasteiger partial charge in [-0.25, -0.2) is 0 Å². The van der Waals surface area contributed by atoms with Crippen LogP contribution >= 0.6 is 27.7 Å². The quantitative estimate of drug-likeness (QED) is 0.571. The number of anilines is 3.